The van der Waals surface area contributed by atoms with Crippen molar-refractivity contribution in [1.29, 1.82) is 0 Å². The fourth-order valence-corrected chi connectivity index (χ4v) is 6.70. The number of methoxy groups -OCH3 is 2. The molecule has 1 fully saturated rings. The van der Waals surface area contributed by atoms with E-state index in [1.807, 2.05) is 12.1 Å². The van der Waals surface area contributed by atoms with Gasteiger partial charge in [-0.25, -0.2) is 4.79 Å². The molecule has 1 aromatic rings. The van der Waals surface area contributed by atoms with E-state index in [2.05, 4.69) is 24.8 Å². The Balaban J connectivity index is 1.51. The predicted molar refractivity (Wildman–Crippen MR) is 138 cm³/mol. The standard InChI is InChI=1S/C29H39NO8/c1-18(2)7-5-10-29(33,16-24(31)35-4)27(32)38-26-23(34-3)15-28-9-6-11-30(28)12-8-19-13-21-22(37-17-36-21)14-20(19)25(26)28/h13-15,18,25-26,33H,5-12,16-17H2,1-4H3/t25-,26+,28+,29-/m0/s1. The lowest BCUT2D eigenvalue weighted by Crippen LogP contribution is -2.49. The van der Waals surface area contributed by atoms with E-state index in [1.165, 1.54) is 7.11 Å². The van der Waals surface area contributed by atoms with Crippen LogP contribution in [0.25, 0.3) is 0 Å². The Morgan fingerprint density at radius 3 is 2.68 bits per heavy atom. The van der Waals surface area contributed by atoms with Gasteiger partial charge in [-0.2, -0.15) is 0 Å². The van der Waals surface area contributed by atoms with Crippen molar-refractivity contribution in [3.8, 4) is 11.5 Å². The van der Waals surface area contributed by atoms with Crippen molar-refractivity contribution in [3.05, 3.63) is 35.1 Å². The molecule has 1 aliphatic carbocycles. The lowest BCUT2D eigenvalue weighted by molar-refractivity contribution is -0.178. The summed E-state index contributed by atoms with van der Waals surface area (Å²) in [5, 5.41) is 11.5. The number of esters is 2. The first-order chi connectivity index (χ1) is 18.2. The van der Waals surface area contributed by atoms with Gasteiger partial charge in [-0.05, 0) is 73.9 Å². The van der Waals surface area contributed by atoms with Crippen LogP contribution in [0.2, 0.25) is 0 Å². The number of hydrogen-bond donors (Lipinski definition) is 1. The summed E-state index contributed by atoms with van der Waals surface area (Å²) in [6, 6.07) is 4.05. The van der Waals surface area contributed by atoms with Crippen molar-refractivity contribution in [2.45, 2.75) is 82.0 Å². The van der Waals surface area contributed by atoms with Crippen molar-refractivity contribution in [2.24, 2.45) is 5.92 Å². The van der Waals surface area contributed by atoms with Crippen molar-refractivity contribution in [2.75, 3.05) is 34.1 Å². The van der Waals surface area contributed by atoms with Crippen LogP contribution in [-0.4, -0.2) is 73.3 Å². The first-order valence-corrected chi connectivity index (χ1v) is 13.7. The van der Waals surface area contributed by atoms with E-state index >= 15 is 0 Å². The van der Waals surface area contributed by atoms with Crippen LogP contribution in [0, 0.1) is 5.92 Å². The van der Waals surface area contributed by atoms with Gasteiger partial charge < -0.3 is 28.8 Å². The molecule has 0 bridgehead atoms. The van der Waals surface area contributed by atoms with E-state index in [-0.39, 0.29) is 24.7 Å². The fraction of sp³-hybridized carbons (Fsp3) is 0.655. The number of carbonyl (C=O) groups excluding carboxylic acids is 2. The highest BCUT2D eigenvalue weighted by atomic mass is 16.7. The molecule has 0 radical (unpaired) electrons. The molecule has 4 atom stereocenters. The molecule has 38 heavy (non-hydrogen) atoms. The Morgan fingerprint density at radius 2 is 1.97 bits per heavy atom. The third-order valence-corrected chi connectivity index (χ3v) is 8.61. The maximum atomic E-state index is 13.7. The number of rotatable bonds is 9. The molecule has 0 amide bonds. The Morgan fingerprint density at radius 1 is 1.21 bits per heavy atom. The van der Waals surface area contributed by atoms with Crippen molar-refractivity contribution < 1.29 is 38.4 Å². The number of benzene rings is 1. The molecule has 9 nitrogen and oxygen atoms in total. The third-order valence-electron chi connectivity index (χ3n) is 8.61. The smallest absolute Gasteiger partial charge is 0.339 e. The Labute approximate surface area is 224 Å². The summed E-state index contributed by atoms with van der Waals surface area (Å²) in [6.07, 6.45) is 5.13. The number of nitrogens with zero attached hydrogens (tertiary/aromatic N) is 1. The van der Waals surface area contributed by atoms with Gasteiger partial charge >= 0.3 is 11.9 Å². The molecule has 3 heterocycles. The summed E-state index contributed by atoms with van der Waals surface area (Å²) in [6.45, 7) is 6.13. The third kappa shape index (κ3) is 4.64. The number of carbonyl (C=O) groups is 2. The number of hydrogen-bond acceptors (Lipinski definition) is 9. The highest BCUT2D eigenvalue weighted by Gasteiger charge is 2.59. The number of fused-ring (bicyclic) bond motifs is 3. The van der Waals surface area contributed by atoms with Gasteiger partial charge in [0.1, 0.15) is 5.76 Å². The van der Waals surface area contributed by atoms with Crippen molar-refractivity contribution in [3.63, 3.8) is 0 Å². The summed E-state index contributed by atoms with van der Waals surface area (Å²) in [7, 11) is 2.83. The second kappa shape index (κ2) is 10.4. The van der Waals surface area contributed by atoms with E-state index in [9.17, 15) is 14.7 Å². The Bertz CT molecular complexity index is 1120. The van der Waals surface area contributed by atoms with Crippen LogP contribution in [-0.2, 0) is 30.2 Å². The van der Waals surface area contributed by atoms with Crippen LogP contribution in [0.4, 0.5) is 0 Å². The Kier molecular flexibility index (Phi) is 7.35. The van der Waals surface area contributed by atoms with Gasteiger partial charge in [0.25, 0.3) is 0 Å². The minimum absolute atomic E-state index is 0.106. The molecule has 208 valence electrons. The molecular formula is C29H39NO8. The van der Waals surface area contributed by atoms with Gasteiger partial charge in [-0.15, -0.1) is 0 Å². The second-order valence-corrected chi connectivity index (χ2v) is 11.4. The lowest BCUT2D eigenvalue weighted by atomic mass is 9.77. The molecule has 1 N–H and O–H groups in total. The van der Waals surface area contributed by atoms with Gasteiger partial charge in [-0.1, -0.05) is 20.3 Å². The zero-order valence-corrected chi connectivity index (χ0v) is 22.8. The van der Waals surface area contributed by atoms with Crippen molar-refractivity contribution >= 4 is 11.9 Å². The summed E-state index contributed by atoms with van der Waals surface area (Å²) < 4.78 is 28.2. The lowest BCUT2D eigenvalue weighted by Gasteiger charge is -2.39. The van der Waals surface area contributed by atoms with Gasteiger partial charge in [0, 0.05) is 6.54 Å². The molecule has 1 spiro atoms. The van der Waals surface area contributed by atoms with E-state index in [1.54, 1.807) is 7.11 Å². The number of aliphatic hydroxyl groups is 1. The molecule has 1 saturated heterocycles. The van der Waals surface area contributed by atoms with Crippen LogP contribution in [0.15, 0.2) is 24.0 Å². The normalized spacial score (nSPS) is 27.1. The van der Waals surface area contributed by atoms with Gasteiger partial charge in [-0.3, -0.25) is 9.69 Å². The highest BCUT2D eigenvalue weighted by molar-refractivity contribution is 5.86. The summed E-state index contributed by atoms with van der Waals surface area (Å²) in [5.41, 5.74) is -0.209. The summed E-state index contributed by atoms with van der Waals surface area (Å²) >= 11 is 0. The molecule has 0 unspecified atom stereocenters. The molecule has 0 aromatic heterocycles. The predicted octanol–water partition coefficient (Wildman–Crippen LogP) is 3.47. The molecule has 5 rings (SSSR count). The van der Waals surface area contributed by atoms with E-state index in [0.717, 1.165) is 55.6 Å². The second-order valence-electron chi connectivity index (χ2n) is 11.4. The van der Waals surface area contributed by atoms with Crippen LogP contribution in [0.3, 0.4) is 0 Å². The molecule has 1 aromatic carbocycles. The molecule has 9 heteroatoms. The molecule has 4 aliphatic rings. The monoisotopic (exact) mass is 529 g/mol. The van der Waals surface area contributed by atoms with Crippen LogP contribution in [0.5, 0.6) is 11.5 Å². The van der Waals surface area contributed by atoms with E-state index < -0.39 is 30.1 Å². The molecular weight excluding hydrogens is 490 g/mol. The Hall–Kier alpha value is -2.78. The van der Waals surface area contributed by atoms with Crippen molar-refractivity contribution in [1.82, 2.24) is 4.90 Å². The summed E-state index contributed by atoms with van der Waals surface area (Å²) in [5.74, 6) is 0.620. The van der Waals surface area contributed by atoms with E-state index in [0.29, 0.717) is 23.8 Å². The van der Waals surface area contributed by atoms with Crippen LogP contribution in [0.1, 0.15) is 69.4 Å². The van der Waals surface area contributed by atoms with Gasteiger partial charge in [0.15, 0.2) is 23.2 Å². The van der Waals surface area contributed by atoms with Crippen LogP contribution < -0.4 is 9.47 Å². The minimum atomic E-state index is -1.99. The first-order valence-electron chi connectivity index (χ1n) is 13.7. The average molecular weight is 530 g/mol. The van der Waals surface area contributed by atoms with Gasteiger partial charge in [0.05, 0.1) is 32.1 Å². The summed E-state index contributed by atoms with van der Waals surface area (Å²) in [4.78, 5) is 28.4. The maximum absolute atomic E-state index is 13.7. The van der Waals surface area contributed by atoms with E-state index in [4.69, 9.17) is 23.7 Å². The minimum Gasteiger partial charge on any atom is -0.497 e. The quantitative estimate of drug-likeness (QED) is 0.482. The average Bonchev–Trinajstić information content (AvgIpc) is 3.57. The van der Waals surface area contributed by atoms with Crippen LogP contribution >= 0.6 is 0 Å². The largest absolute Gasteiger partial charge is 0.497 e. The topological polar surface area (TPSA) is 104 Å². The zero-order valence-electron chi connectivity index (χ0n) is 22.8. The zero-order chi connectivity index (χ0) is 27.1. The molecule has 3 aliphatic heterocycles. The number of ether oxygens (including phenoxy) is 5. The fourth-order valence-electron chi connectivity index (χ4n) is 6.70. The SMILES string of the molecule is COC(=O)C[C@@](O)(CCCC(C)C)C(=O)O[C@@H]1C(OC)=C[C@@]23CCCN2CCc2cc4c(cc2[C@@H]13)OCO4. The van der Waals surface area contributed by atoms with Gasteiger partial charge in [0.2, 0.25) is 6.79 Å². The maximum Gasteiger partial charge on any atom is 0.339 e. The highest BCUT2D eigenvalue weighted by Crippen LogP contribution is 2.55. The molecule has 0 saturated carbocycles. The first kappa shape index (κ1) is 26.8.